The van der Waals surface area contributed by atoms with Crippen LogP contribution in [0.3, 0.4) is 0 Å². The van der Waals surface area contributed by atoms with Gasteiger partial charge in [0.15, 0.2) is 6.29 Å². The maximum Gasteiger partial charge on any atom is 0.329 e. The van der Waals surface area contributed by atoms with Gasteiger partial charge in [0.1, 0.15) is 23.2 Å². The molecule has 2 atom stereocenters. The molecule has 4 aromatic carbocycles. The molecule has 0 spiro atoms. The molecule has 4 rings (SSSR count). The number of amides is 3. The minimum Gasteiger partial charge on any atom is -0.488 e. The lowest BCUT2D eigenvalue weighted by molar-refractivity contribution is -0.161. The molecule has 300 valence electrons. The first-order valence-corrected chi connectivity index (χ1v) is 19.3. The zero-order chi connectivity index (χ0) is 40.6. The molecule has 56 heavy (non-hydrogen) atoms. The predicted octanol–water partition coefficient (Wildman–Crippen LogP) is 6.81. The second kappa shape index (κ2) is 21.3. The van der Waals surface area contributed by atoms with Crippen molar-refractivity contribution in [3.05, 3.63) is 126 Å². The lowest BCUT2D eigenvalue weighted by atomic mass is 9.99. The van der Waals surface area contributed by atoms with E-state index in [2.05, 4.69) is 40.8 Å². The Balaban J connectivity index is 1.66. The van der Waals surface area contributed by atoms with Gasteiger partial charge in [0.05, 0.1) is 12.6 Å². The number of hydrogen-bond donors (Lipinski definition) is 3. The van der Waals surface area contributed by atoms with Crippen LogP contribution in [0.5, 0.6) is 5.75 Å². The Hall–Kier alpha value is -5.07. The van der Waals surface area contributed by atoms with Crippen LogP contribution in [0, 0.1) is 0 Å². The Labute approximate surface area is 332 Å². The van der Waals surface area contributed by atoms with Crippen molar-refractivity contribution in [2.24, 2.45) is 0 Å². The maximum absolute atomic E-state index is 15.0. The van der Waals surface area contributed by atoms with Gasteiger partial charge in [-0.2, -0.15) is 0 Å². The van der Waals surface area contributed by atoms with Crippen molar-refractivity contribution in [1.82, 2.24) is 26.0 Å². The third kappa shape index (κ3) is 13.3. The fourth-order valence-corrected chi connectivity index (χ4v) is 6.31. The summed E-state index contributed by atoms with van der Waals surface area (Å²) in [4.78, 5) is 42.8. The van der Waals surface area contributed by atoms with Gasteiger partial charge in [-0.3, -0.25) is 10.2 Å². The van der Waals surface area contributed by atoms with Gasteiger partial charge < -0.3 is 34.5 Å². The van der Waals surface area contributed by atoms with Crippen molar-refractivity contribution < 1.29 is 28.6 Å². The fraction of sp³-hybridized carbons (Fsp3) is 0.400. The second-order valence-corrected chi connectivity index (χ2v) is 14.8. The second-order valence-electron chi connectivity index (χ2n) is 14.8. The molecule has 11 heteroatoms. The van der Waals surface area contributed by atoms with E-state index in [0.717, 1.165) is 39.5 Å². The Morgan fingerprint density at radius 1 is 0.839 bits per heavy atom. The topological polar surface area (TPSA) is 121 Å². The monoisotopic (exact) mass is 765 g/mol. The first-order chi connectivity index (χ1) is 26.9. The highest BCUT2D eigenvalue weighted by Crippen LogP contribution is 2.23. The zero-order valence-electron chi connectivity index (χ0n) is 33.8. The van der Waals surface area contributed by atoms with E-state index < -0.39 is 23.9 Å². The van der Waals surface area contributed by atoms with E-state index in [1.807, 2.05) is 113 Å². The smallest absolute Gasteiger partial charge is 0.329 e. The molecule has 0 saturated heterocycles. The van der Waals surface area contributed by atoms with Gasteiger partial charge in [-0.15, -0.1) is 6.58 Å². The number of aldehydes is 1. The van der Waals surface area contributed by atoms with Gasteiger partial charge in [0.25, 0.3) is 0 Å². The van der Waals surface area contributed by atoms with E-state index in [4.69, 9.17) is 14.2 Å². The molecule has 0 radical (unpaired) electrons. The fourth-order valence-electron chi connectivity index (χ4n) is 6.31. The van der Waals surface area contributed by atoms with Crippen LogP contribution in [0.25, 0.3) is 10.8 Å². The summed E-state index contributed by atoms with van der Waals surface area (Å²) in [7, 11) is 0. The van der Waals surface area contributed by atoms with Crippen LogP contribution < -0.4 is 20.8 Å². The number of nitrogens with one attached hydrogen (secondary N) is 3. The summed E-state index contributed by atoms with van der Waals surface area (Å²) in [6.07, 6.45) is 2.03. The number of rotatable bonds is 22. The lowest BCUT2D eigenvalue weighted by Crippen LogP contribution is -2.64. The average Bonchev–Trinajstić information content (AvgIpc) is 3.18. The summed E-state index contributed by atoms with van der Waals surface area (Å²) in [6, 6.07) is 30.1. The molecular weight excluding hydrogens is 707 g/mol. The van der Waals surface area contributed by atoms with Gasteiger partial charge in [-0.25, -0.2) is 9.80 Å². The molecule has 0 aliphatic heterocycles. The number of urea groups is 1. The van der Waals surface area contributed by atoms with Crippen LogP contribution in [0.4, 0.5) is 4.79 Å². The summed E-state index contributed by atoms with van der Waals surface area (Å²) >= 11 is 0. The predicted molar refractivity (Wildman–Crippen MR) is 222 cm³/mol. The zero-order valence-corrected chi connectivity index (χ0v) is 33.8. The lowest BCUT2D eigenvalue weighted by Gasteiger charge is -2.38. The van der Waals surface area contributed by atoms with Crippen molar-refractivity contribution in [3.8, 4) is 5.75 Å². The van der Waals surface area contributed by atoms with Gasteiger partial charge in [-0.05, 0) is 87.6 Å². The molecule has 0 aliphatic rings. The van der Waals surface area contributed by atoms with Gasteiger partial charge in [0.2, 0.25) is 5.91 Å². The molecular formula is C45H59N5O6. The van der Waals surface area contributed by atoms with Gasteiger partial charge in [0, 0.05) is 39.4 Å². The number of hydrogen-bond acceptors (Lipinski definition) is 8. The van der Waals surface area contributed by atoms with Crippen molar-refractivity contribution in [1.29, 1.82) is 0 Å². The normalized spacial score (nSPS) is 13.2. The van der Waals surface area contributed by atoms with Crippen molar-refractivity contribution >= 4 is 29.0 Å². The summed E-state index contributed by atoms with van der Waals surface area (Å²) in [5.74, 6) is 0.519. The van der Waals surface area contributed by atoms with Crippen LogP contribution in [-0.4, -0.2) is 84.5 Å². The Morgan fingerprint density at radius 2 is 1.50 bits per heavy atom. The van der Waals surface area contributed by atoms with Crippen molar-refractivity contribution in [2.75, 3.05) is 32.8 Å². The van der Waals surface area contributed by atoms with Crippen molar-refractivity contribution in [3.63, 3.8) is 0 Å². The van der Waals surface area contributed by atoms with Crippen LogP contribution in [-0.2, 0) is 38.6 Å². The molecule has 3 amide bonds. The number of benzene rings is 4. The number of carbonyl (C=O) groups excluding carboxylic acids is 3. The first kappa shape index (κ1) is 43.7. The number of carbonyl (C=O) groups is 3. The van der Waals surface area contributed by atoms with E-state index in [9.17, 15) is 9.59 Å². The van der Waals surface area contributed by atoms with Crippen LogP contribution in [0.15, 0.2) is 110 Å². The highest BCUT2D eigenvalue weighted by atomic mass is 16.7. The molecule has 0 fully saturated rings. The Bertz CT molecular complexity index is 1840. The quantitative estimate of drug-likeness (QED) is 0.0346. The third-order valence-electron chi connectivity index (χ3n) is 9.13. The molecule has 0 bridgehead atoms. The van der Waals surface area contributed by atoms with Crippen LogP contribution in [0.2, 0.25) is 0 Å². The SMILES string of the molecule is C=CCN(NC(=O)NCc1ccccc1)C(C)(C=O)CNC(Cc1ccc(OC(C)(C)C)cc1)C(=O)N(Cc1cccc2ccccc12)CC(OCC)OCC. The maximum atomic E-state index is 15.0. The summed E-state index contributed by atoms with van der Waals surface area (Å²) in [5.41, 5.74) is 3.99. The molecule has 0 saturated carbocycles. The molecule has 0 aliphatic carbocycles. The van der Waals surface area contributed by atoms with E-state index in [0.29, 0.717) is 32.7 Å². The number of fused-ring (bicyclic) bond motifs is 1. The third-order valence-corrected chi connectivity index (χ3v) is 9.13. The highest BCUT2D eigenvalue weighted by molar-refractivity contribution is 5.87. The van der Waals surface area contributed by atoms with Crippen LogP contribution in [0.1, 0.15) is 58.2 Å². The number of ether oxygens (including phenoxy) is 3. The van der Waals surface area contributed by atoms with Crippen molar-refractivity contribution in [2.45, 2.75) is 84.5 Å². The van der Waals surface area contributed by atoms with E-state index in [-0.39, 0.29) is 31.1 Å². The molecule has 2 unspecified atom stereocenters. The minimum absolute atomic E-state index is 0.0212. The standard InChI is InChI=1S/C45H59N5O6/c1-8-27-50(48-43(53)46-29-35-17-12-11-13-18-35)45(7,33-51)32-47-40(28-34-23-25-38(26-24-34)56-44(4,5)6)42(52)49(31-41(54-9-2)55-10-3)30-37-21-16-20-36-19-14-15-22-39(36)37/h8,11-26,33,40-41,47H,1,9-10,27-32H2,2-7H3,(H2,46,48,53). The van der Waals surface area contributed by atoms with Gasteiger partial charge >= 0.3 is 6.03 Å². The number of nitrogens with zero attached hydrogens (tertiary/aromatic N) is 2. The largest absolute Gasteiger partial charge is 0.488 e. The summed E-state index contributed by atoms with van der Waals surface area (Å²) < 4.78 is 18.0. The summed E-state index contributed by atoms with van der Waals surface area (Å²) in [6.45, 7) is 17.1. The van der Waals surface area contributed by atoms with Gasteiger partial charge in [-0.1, -0.05) is 91.0 Å². The average molecular weight is 766 g/mol. The molecule has 3 N–H and O–H groups in total. The first-order valence-electron chi connectivity index (χ1n) is 19.3. The number of hydrazine groups is 1. The van der Waals surface area contributed by atoms with E-state index in [1.54, 1.807) is 17.9 Å². The van der Waals surface area contributed by atoms with E-state index >= 15 is 4.79 Å². The molecule has 0 aromatic heterocycles. The molecule has 4 aromatic rings. The molecule has 0 heterocycles. The highest BCUT2D eigenvalue weighted by Gasteiger charge is 2.35. The Kier molecular flexibility index (Phi) is 16.6. The van der Waals surface area contributed by atoms with Crippen LogP contribution >= 0.6 is 0 Å². The Morgan fingerprint density at radius 3 is 2.14 bits per heavy atom. The van der Waals surface area contributed by atoms with E-state index in [1.165, 1.54) is 5.01 Å². The minimum atomic E-state index is -1.28. The summed E-state index contributed by atoms with van der Waals surface area (Å²) in [5, 5.41) is 9.93. The molecule has 11 nitrogen and oxygen atoms in total.